The van der Waals surface area contributed by atoms with Gasteiger partial charge in [0.25, 0.3) is 0 Å². The number of aromatic nitrogens is 3. The zero-order chi connectivity index (χ0) is 20.2. The van der Waals surface area contributed by atoms with Gasteiger partial charge in [-0.25, -0.2) is 15.0 Å². The Morgan fingerprint density at radius 2 is 1.76 bits per heavy atom. The van der Waals surface area contributed by atoms with Gasteiger partial charge in [0.15, 0.2) is 11.6 Å². The average Bonchev–Trinajstić information content (AvgIpc) is 2.76. The summed E-state index contributed by atoms with van der Waals surface area (Å²) < 4.78 is 0. The van der Waals surface area contributed by atoms with Crippen molar-refractivity contribution < 1.29 is 0 Å². The number of rotatable bonds is 5. The van der Waals surface area contributed by atoms with Gasteiger partial charge in [0.05, 0.1) is 0 Å². The summed E-state index contributed by atoms with van der Waals surface area (Å²) in [6, 6.07) is 14.4. The molecule has 1 aliphatic rings. The third kappa shape index (κ3) is 3.94. The van der Waals surface area contributed by atoms with E-state index in [0.29, 0.717) is 5.69 Å². The fourth-order valence-corrected chi connectivity index (χ4v) is 3.78. The van der Waals surface area contributed by atoms with Crippen molar-refractivity contribution in [3.05, 3.63) is 60.6 Å². The van der Waals surface area contributed by atoms with Crippen LogP contribution in [-0.4, -0.2) is 47.7 Å². The van der Waals surface area contributed by atoms with E-state index in [4.69, 9.17) is 5.73 Å². The maximum Gasteiger partial charge on any atom is 0.161 e. The predicted octanol–water partition coefficient (Wildman–Crippen LogP) is 3.25. The van der Waals surface area contributed by atoms with Crippen LogP contribution in [0.3, 0.4) is 0 Å². The predicted molar refractivity (Wildman–Crippen MR) is 119 cm³/mol. The molecule has 2 N–H and O–H groups in total. The first-order valence-electron chi connectivity index (χ1n) is 10.0. The van der Waals surface area contributed by atoms with Crippen LogP contribution in [-0.2, 0) is 0 Å². The van der Waals surface area contributed by atoms with Crippen LogP contribution in [0.1, 0.15) is 12.5 Å². The Hall–Kier alpha value is -3.35. The molecule has 2 aromatic heterocycles. The maximum atomic E-state index is 6.58. The van der Waals surface area contributed by atoms with E-state index >= 15 is 0 Å². The van der Waals surface area contributed by atoms with Crippen LogP contribution in [0.5, 0.6) is 0 Å². The van der Waals surface area contributed by atoms with Crippen molar-refractivity contribution in [2.75, 3.05) is 53.2 Å². The summed E-state index contributed by atoms with van der Waals surface area (Å²) in [4.78, 5) is 20.2. The highest BCUT2D eigenvalue weighted by molar-refractivity contribution is 5.80. The summed E-state index contributed by atoms with van der Waals surface area (Å²) in [5.74, 6) is 2.58. The zero-order valence-corrected chi connectivity index (χ0v) is 17.0. The van der Waals surface area contributed by atoms with E-state index in [-0.39, 0.29) is 0 Å². The van der Waals surface area contributed by atoms with Crippen LogP contribution < -0.4 is 20.4 Å². The van der Waals surface area contributed by atoms with Crippen LogP contribution in [0.4, 0.5) is 28.8 Å². The van der Waals surface area contributed by atoms with Gasteiger partial charge in [0.2, 0.25) is 0 Å². The Kier molecular flexibility index (Phi) is 5.46. The number of aryl methyl sites for hydroxylation is 1. The number of anilines is 5. The second kappa shape index (κ2) is 8.34. The summed E-state index contributed by atoms with van der Waals surface area (Å²) in [5.41, 5.74) is 9.50. The van der Waals surface area contributed by atoms with E-state index in [1.807, 2.05) is 24.4 Å². The molecule has 1 aliphatic heterocycles. The molecule has 0 unspecified atom stereocenters. The first-order valence-corrected chi connectivity index (χ1v) is 10.0. The van der Waals surface area contributed by atoms with Crippen LogP contribution in [0.2, 0.25) is 0 Å². The standard InChI is InChI=1S/C22H27N7/c1-3-29(18-8-6-7-17(2)15-18)22-20(23)21(25-16-26-22)28-13-11-27(12-14-28)19-9-4-5-10-24-19/h4-10,15-16H,3,11-14,23H2,1-2H3. The van der Waals surface area contributed by atoms with Crippen LogP contribution in [0.25, 0.3) is 0 Å². The molecule has 7 nitrogen and oxygen atoms in total. The van der Waals surface area contributed by atoms with Crippen molar-refractivity contribution in [3.8, 4) is 0 Å². The first-order chi connectivity index (χ1) is 14.2. The monoisotopic (exact) mass is 389 g/mol. The summed E-state index contributed by atoms with van der Waals surface area (Å²) in [5, 5.41) is 0. The molecule has 150 valence electrons. The lowest BCUT2D eigenvalue weighted by molar-refractivity contribution is 0.641. The van der Waals surface area contributed by atoms with Crippen molar-refractivity contribution in [2.24, 2.45) is 0 Å². The minimum atomic E-state index is 0.627. The van der Waals surface area contributed by atoms with Crippen molar-refractivity contribution in [3.63, 3.8) is 0 Å². The second-order valence-electron chi connectivity index (χ2n) is 7.18. The minimum absolute atomic E-state index is 0.627. The van der Waals surface area contributed by atoms with Gasteiger partial charge in [-0.05, 0) is 43.7 Å². The van der Waals surface area contributed by atoms with Crippen LogP contribution in [0.15, 0.2) is 55.0 Å². The minimum Gasteiger partial charge on any atom is -0.393 e. The Morgan fingerprint density at radius 1 is 0.966 bits per heavy atom. The summed E-state index contributed by atoms with van der Waals surface area (Å²) in [6.45, 7) is 8.41. The number of piperazine rings is 1. The zero-order valence-electron chi connectivity index (χ0n) is 17.0. The Bertz CT molecular complexity index is 952. The van der Waals surface area contributed by atoms with E-state index in [0.717, 1.165) is 55.9 Å². The molecule has 0 saturated carbocycles. The molecule has 0 spiro atoms. The topological polar surface area (TPSA) is 74.4 Å². The molecular weight excluding hydrogens is 362 g/mol. The Morgan fingerprint density at radius 3 is 2.45 bits per heavy atom. The molecule has 3 heterocycles. The lowest BCUT2D eigenvalue weighted by atomic mass is 10.2. The molecular formula is C22H27N7. The number of nitrogen functional groups attached to an aromatic ring is 1. The van der Waals surface area contributed by atoms with Crippen molar-refractivity contribution in [2.45, 2.75) is 13.8 Å². The fraction of sp³-hybridized carbons (Fsp3) is 0.318. The molecule has 4 rings (SSSR count). The Labute approximate surface area is 171 Å². The molecule has 1 aromatic carbocycles. The van der Waals surface area contributed by atoms with Crippen LogP contribution in [0, 0.1) is 6.92 Å². The summed E-state index contributed by atoms with van der Waals surface area (Å²) in [7, 11) is 0. The highest BCUT2D eigenvalue weighted by atomic mass is 15.3. The van der Waals surface area contributed by atoms with Gasteiger partial charge >= 0.3 is 0 Å². The quantitative estimate of drug-likeness (QED) is 0.718. The molecule has 1 saturated heterocycles. The summed E-state index contributed by atoms with van der Waals surface area (Å²) >= 11 is 0. The second-order valence-corrected chi connectivity index (χ2v) is 7.18. The highest BCUT2D eigenvalue weighted by Gasteiger charge is 2.23. The van der Waals surface area contributed by atoms with Crippen molar-refractivity contribution in [1.29, 1.82) is 0 Å². The smallest absolute Gasteiger partial charge is 0.161 e. The summed E-state index contributed by atoms with van der Waals surface area (Å²) in [6.07, 6.45) is 3.45. The molecule has 7 heteroatoms. The van der Waals surface area contributed by atoms with Gasteiger partial charge in [-0.2, -0.15) is 0 Å². The van der Waals surface area contributed by atoms with Gasteiger partial charge in [-0.15, -0.1) is 0 Å². The third-order valence-corrected chi connectivity index (χ3v) is 5.28. The third-order valence-electron chi connectivity index (χ3n) is 5.28. The number of benzene rings is 1. The van der Waals surface area contributed by atoms with E-state index in [2.05, 4.69) is 67.8 Å². The van der Waals surface area contributed by atoms with Gasteiger partial charge in [-0.1, -0.05) is 18.2 Å². The lowest BCUT2D eigenvalue weighted by Gasteiger charge is -2.37. The van der Waals surface area contributed by atoms with Gasteiger partial charge in [0.1, 0.15) is 17.8 Å². The van der Waals surface area contributed by atoms with Gasteiger partial charge in [0, 0.05) is 44.6 Å². The SMILES string of the molecule is CCN(c1cccc(C)c1)c1ncnc(N2CCN(c3ccccn3)CC2)c1N. The largest absolute Gasteiger partial charge is 0.393 e. The number of hydrogen-bond acceptors (Lipinski definition) is 7. The molecule has 0 aliphatic carbocycles. The van der Waals surface area contributed by atoms with E-state index < -0.39 is 0 Å². The lowest BCUT2D eigenvalue weighted by Crippen LogP contribution is -2.47. The number of pyridine rings is 1. The van der Waals surface area contributed by atoms with Crippen molar-refractivity contribution >= 4 is 28.8 Å². The molecule has 3 aromatic rings. The van der Waals surface area contributed by atoms with Crippen molar-refractivity contribution in [1.82, 2.24) is 15.0 Å². The van der Waals surface area contributed by atoms with E-state index in [9.17, 15) is 0 Å². The normalized spacial score (nSPS) is 14.1. The average molecular weight is 390 g/mol. The first kappa shape index (κ1) is 19.0. The maximum absolute atomic E-state index is 6.58. The molecule has 1 fully saturated rings. The number of nitrogens with zero attached hydrogens (tertiary/aromatic N) is 6. The molecule has 0 radical (unpaired) electrons. The number of hydrogen-bond donors (Lipinski definition) is 1. The van der Waals surface area contributed by atoms with Gasteiger partial charge < -0.3 is 20.4 Å². The van der Waals surface area contributed by atoms with Crippen LogP contribution >= 0.6 is 0 Å². The Balaban J connectivity index is 1.55. The van der Waals surface area contributed by atoms with E-state index in [1.54, 1.807) is 6.33 Å². The fourth-order valence-electron chi connectivity index (χ4n) is 3.78. The molecule has 0 amide bonds. The van der Waals surface area contributed by atoms with E-state index in [1.165, 1.54) is 5.56 Å². The molecule has 0 bridgehead atoms. The molecule has 29 heavy (non-hydrogen) atoms. The number of nitrogens with two attached hydrogens (primary N) is 1. The van der Waals surface area contributed by atoms with Gasteiger partial charge in [-0.3, -0.25) is 0 Å². The molecule has 0 atom stereocenters. The highest BCUT2D eigenvalue weighted by Crippen LogP contribution is 2.34.